The highest BCUT2D eigenvalue weighted by molar-refractivity contribution is 5.65. The second-order valence-corrected chi connectivity index (χ2v) is 10.2. The normalized spacial score (nSPS) is 38.3. The van der Waals surface area contributed by atoms with Gasteiger partial charge in [0.1, 0.15) is 30.5 Å². The number of amides is 1. The Kier molecular flexibility index (Phi) is 11.5. The van der Waals surface area contributed by atoms with Crippen LogP contribution in [0.1, 0.15) is 33.6 Å². The molecule has 8 N–H and O–H groups in total. The van der Waals surface area contributed by atoms with E-state index in [-0.39, 0.29) is 25.0 Å². The summed E-state index contributed by atoms with van der Waals surface area (Å²) in [6.45, 7) is 5.95. The first-order valence-corrected chi connectivity index (χ1v) is 11.8. The molecule has 0 aromatic heterocycles. The Morgan fingerprint density at radius 2 is 1.63 bits per heavy atom. The quantitative estimate of drug-likeness (QED) is 0.148. The van der Waals surface area contributed by atoms with Gasteiger partial charge in [0.15, 0.2) is 12.4 Å². The molecule has 13 heteroatoms. The molecule has 1 heterocycles. The van der Waals surface area contributed by atoms with E-state index in [1.54, 1.807) is 0 Å². The lowest BCUT2D eigenvalue weighted by molar-refractivity contribution is -0.327. The molecule has 1 aliphatic carbocycles. The van der Waals surface area contributed by atoms with Crippen molar-refractivity contribution in [3.05, 3.63) is 0 Å². The fourth-order valence-electron chi connectivity index (χ4n) is 4.09. The van der Waals surface area contributed by atoms with E-state index in [1.807, 2.05) is 0 Å². The number of nitrogens with two attached hydrogens (primary N) is 1. The van der Waals surface area contributed by atoms with Crippen molar-refractivity contribution in [2.75, 3.05) is 33.0 Å². The van der Waals surface area contributed by atoms with Crippen molar-refractivity contribution < 1.29 is 59.1 Å². The molecule has 35 heavy (non-hydrogen) atoms. The summed E-state index contributed by atoms with van der Waals surface area (Å²) in [6, 6.07) is 0. The molecule has 10 atom stereocenters. The molecule has 0 radical (unpaired) electrons. The fraction of sp³-hybridized carbons (Fsp3) is 0.955. The van der Waals surface area contributed by atoms with Crippen LogP contribution in [0.2, 0.25) is 0 Å². The lowest BCUT2D eigenvalue weighted by Crippen LogP contribution is -2.63. The van der Waals surface area contributed by atoms with Crippen LogP contribution in [0.5, 0.6) is 0 Å². The minimum atomic E-state index is -1.57. The van der Waals surface area contributed by atoms with E-state index >= 15 is 0 Å². The van der Waals surface area contributed by atoms with Crippen molar-refractivity contribution in [3.8, 4) is 0 Å². The highest BCUT2D eigenvalue weighted by atomic mass is 16.7. The van der Waals surface area contributed by atoms with Gasteiger partial charge in [-0.3, -0.25) is 0 Å². The summed E-state index contributed by atoms with van der Waals surface area (Å²) in [4.78, 5) is 11.2. The Bertz CT molecular complexity index is 646. The zero-order valence-corrected chi connectivity index (χ0v) is 20.4. The monoisotopic (exact) mass is 511 g/mol. The van der Waals surface area contributed by atoms with Crippen molar-refractivity contribution in [2.45, 2.75) is 88.7 Å². The molecule has 0 unspecified atom stereocenters. The van der Waals surface area contributed by atoms with Gasteiger partial charge in [-0.15, -0.1) is 0 Å². The van der Waals surface area contributed by atoms with Gasteiger partial charge in [0.2, 0.25) is 0 Å². The number of aliphatic hydroxyl groups excluding tert-OH is 6. The number of carbonyl (C=O) groups excluding carboxylic acids is 1. The number of aliphatic hydroxyl groups is 6. The van der Waals surface area contributed by atoms with Crippen LogP contribution in [0.3, 0.4) is 0 Å². The third kappa shape index (κ3) is 8.45. The minimum Gasteiger partial charge on any atom is -0.441 e. The van der Waals surface area contributed by atoms with E-state index in [0.717, 1.165) is 6.42 Å². The van der Waals surface area contributed by atoms with Crippen LogP contribution in [-0.4, -0.2) is 125 Å². The van der Waals surface area contributed by atoms with E-state index < -0.39 is 80.3 Å². The first-order valence-electron chi connectivity index (χ1n) is 11.8. The van der Waals surface area contributed by atoms with E-state index in [1.165, 1.54) is 0 Å². The smallest absolute Gasteiger partial charge is 0.404 e. The molecule has 2 fully saturated rings. The van der Waals surface area contributed by atoms with Crippen molar-refractivity contribution in [3.63, 3.8) is 0 Å². The average Bonchev–Trinajstić information content (AvgIpc) is 2.78. The summed E-state index contributed by atoms with van der Waals surface area (Å²) in [6.07, 6.45) is -12.9. The standard InChI is InChI=1S/C22H41NO12/c1-22(2,3)4-5-31-6-7-32-20-19(17(29)15(27)13(10-25)34-20)33-12-8-11(9-24)14(26)18(16(12)28)35-21(23)30/h11-20,24-29H,4-10H2,1-3H3,(H2,23,30)/t11-,12+,13+,14-,15-,16-,17+,18+,19+,20+/m1/s1. The van der Waals surface area contributed by atoms with Gasteiger partial charge in [0.25, 0.3) is 0 Å². The number of primary amides is 1. The van der Waals surface area contributed by atoms with Crippen LogP contribution in [0.15, 0.2) is 0 Å². The molecule has 1 saturated carbocycles. The number of carbonyl (C=O) groups is 1. The summed E-state index contributed by atoms with van der Waals surface area (Å²) >= 11 is 0. The molecular weight excluding hydrogens is 470 g/mol. The Hall–Kier alpha value is -1.13. The molecular formula is C22H41NO12. The Labute approximate surface area is 204 Å². The van der Waals surface area contributed by atoms with Gasteiger partial charge in [0, 0.05) is 19.1 Å². The van der Waals surface area contributed by atoms with Crippen molar-refractivity contribution >= 4 is 6.09 Å². The third-order valence-corrected chi connectivity index (χ3v) is 6.22. The predicted molar refractivity (Wildman–Crippen MR) is 119 cm³/mol. The van der Waals surface area contributed by atoms with E-state index in [0.29, 0.717) is 6.61 Å². The van der Waals surface area contributed by atoms with Gasteiger partial charge in [-0.05, 0) is 18.3 Å². The van der Waals surface area contributed by atoms with E-state index in [2.05, 4.69) is 20.8 Å². The lowest BCUT2D eigenvalue weighted by Gasteiger charge is -2.46. The molecule has 0 aromatic rings. The van der Waals surface area contributed by atoms with Crippen molar-refractivity contribution in [1.29, 1.82) is 0 Å². The highest BCUT2D eigenvalue weighted by Crippen LogP contribution is 2.33. The predicted octanol–water partition coefficient (Wildman–Crippen LogP) is -2.15. The fourth-order valence-corrected chi connectivity index (χ4v) is 4.09. The van der Waals surface area contributed by atoms with Crippen LogP contribution in [0.4, 0.5) is 4.79 Å². The van der Waals surface area contributed by atoms with Crippen LogP contribution in [0, 0.1) is 11.3 Å². The molecule has 0 spiro atoms. The van der Waals surface area contributed by atoms with Crippen LogP contribution >= 0.6 is 0 Å². The molecule has 1 saturated heterocycles. The van der Waals surface area contributed by atoms with Gasteiger partial charge in [-0.2, -0.15) is 0 Å². The molecule has 1 aliphatic heterocycles. The molecule has 1 amide bonds. The maximum atomic E-state index is 11.2. The zero-order valence-electron chi connectivity index (χ0n) is 20.4. The van der Waals surface area contributed by atoms with Gasteiger partial charge in [-0.25, -0.2) is 4.79 Å². The van der Waals surface area contributed by atoms with Crippen molar-refractivity contribution in [1.82, 2.24) is 0 Å². The SMILES string of the molecule is CC(C)(C)CCOCCO[C@H]1O[C@@H](CO)[C@@H](O)[C@H](O)[C@@H]1O[C@H]1C[C@H](CO)[C@@H](O)[C@H](OC(N)=O)[C@@H]1O. The zero-order chi connectivity index (χ0) is 26.3. The Morgan fingerprint density at radius 1 is 0.943 bits per heavy atom. The van der Waals surface area contributed by atoms with Crippen molar-refractivity contribution in [2.24, 2.45) is 17.1 Å². The summed E-state index contributed by atoms with van der Waals surface area (Å²) in [5, 5.41) is 61.2. The molecule has 0 bridgehead atoms. The highest BCUT2D eigenvalue weighted by Gasteiger charge is 2.51. The molecule has 13 nitrogen and oxygen atoms in total. The minimum absolute atomic E-state index is 0.0498. The van der Waals surface area contributed by atoms with Gasteiger partial charge < -0.3 is 60.1 Å². The summed E-state index contributed by atoms with van der Waals surface area (Å²) in [5.41, 5.74) is 5.14. The van der Waals surface area contributed by atoms with Crippen LogP contribution in [0.25, 0.3) is 0 Å². The molecule has 206 valence electrons. The van der Waals surface area contributed by atoms with Gasteiger partial charge >= 0.3 is 6.09 Å². The number of ether oxygens (including phenoxy) is 5. The summed E-state index contributed by atoms with van der Waals surface area (Å²) in [7, 11) is 0. The largest absolute Gasteiger partial charge is 0.441 e. The van der Waals surface area contributed by atoms with E-state index in [4.69, 9.17) is 29.4 Å². The number of hydrogen-bond donors (Lipinski definition) is 7. The lowest BCUT2D eigenvalue weighted by atomic mass is 9.80. The van der Waals surface area contributed by atoms with E-state index in [9.17, 15) is 35.4 Å². The Balaban J connectivity index is 2.08. The number of hydrogen-bond acceptors (Lipinski definition) is 12. The second-order valence-electron chi connectivity index (χ2n) is 10.2. The average molecular weight is 512 g/mol. The topological polar surface area (TPSA) is 211 Å². The van der Waals surface area contributed by atoms with Gasteiger partial charge in [-0.1, -0.05) is 20.8 Å². The number of rotatable bonds is 11. The molecule has 2 aliphatic rings. The summed E-state index contributed by atoms with van der Waals surface area (Å²) < 4.78 is 27.5. The molecule has 0 aromatic carbocycles. The molecule has 2 rings (SSSR count). The first kappa shape index (κ1) is 30.1. The third-order valence-electron chi connectivity index (χ3n) is 6.22. The maximum Gasteiger partial charge on any atom is 0.404 e. The summed E-state index contributed by atoms with van der Waals surface area (Å²) in [5.74, 6) is -0.833. The maximum absolute atomic E-state index is 11.2. The second kappa shape index (κ2) is 13.4. The Morgan fingerprint density at radius 3 is 2.20 bits per heavy atom. The van der Waals surface area contributed by atoms with Crippen LogP contribution < -0.4 is 5.73 Å². The van der Waals surface area contributed by atoms with Crippen LogP contribution in [-0.2, 0) is 23.7 Å². The first-order chi connectivity index (χ1) is 16.4. The van der Waals surface area contributed by atoms with Gasteiger partial charge in [0.05, 0.1) is 32.0 Å².